The molecule has 7 nitrogen and oxygen atoms in total. The van der Waals surface area contributed by atoms with Crippen molar-refractivity contribution in [3.8, 4) is 11.5 Å². The number of rotatable bonds is 6. The first-order valence-corrected chi connectivity index (χ1v) is 10.2. The zero-order valence-corrected chi connectivity index (χ0v) is 18.8. The standard InChI is InChI=1S/C23H20ClN3O4S/c1-30-16-7-5-6-14(12-16)21(28)27-23(32)25-15-10-11-19(20(13-15)31-2)26-22(29)17-8-3-4-9-18(17)24/h3-13H,1-2H3,(H,26,29)(H2,25,27,28,32). The lowest BCUT2D eigenvalue weighted by molar-refractivity contribution is 0.0976. The predicted molar refractivity (Wildman–Crippen MR) is 129 cm³/mol. The van der Waals surface area contributed by atoms with Crippen molar-refractivity contribution in [1.29, 1.82) is 0 Å². The number of benzene rings is 3. The fourth-order valence-corrected chi connectivity index (χ4v) is 3.24. The number of methoxy groups -OCH3 is 2. The van der Waals surface area contributed by atoms with Crippen molar-refractivity contribution in [3.63, 3.8) is 0 Å². The molecule has 0 saturated heterocycles. The third-order valence-corrected chi connectivity index (χ3v) is 4.92. The van der Waals surface area contributed by atoms with E-state index < -0.39 is 0 Å². The molecule has 3 aromatic carbocycles. The topological polar surface area (TPSA) is 88.7 Å². The number of thiocarbonyl (C=S) groups is 1. The van der Waals surface area contributed by atoms with E-state index in [9.17, 15) is 9.59 Å². The summed E-state index contributed by atoms with van der Waals surface area (Å²) in [5, 5.41) is 8.75. The van der Waals surface area contributed by atoms with Gasteiger partial charge in [-0.05, 0) is 54.7 Å². The SMILES string of the molecule is COc1cccc(C(=O)NC(=S)Nc2ccc(NC(=O)c3ccccc3Cl)c(OC)c2)c1. The van der Waals surface area contributed by atoms with E-state index in [2.05, 4.69) is 16.0 Å². The minimum Gasteiger partial charge on any atom is -0.497 e. The zero-order chi connectivity index (χ0) is 23.1. The minimum absolute atomic E-state index is 0.104. The largest absolute Gasteiger partial charge is 0.497 e. The fraction of sp³-hybridized carbons (Fsp3) is 0.0870. The molecule has 0 bridgehead atoms. The van der Waals surface area contributed by atoms with E-state index in [-0.39, 0.29) is 16.9 Å². The van der Waals surface area contributed by atoms with Crippen molar-refractivity contribution in [2.45, 2.75) is 0 Å². The molecule has 3 rings (SSSR count). The minimum atomic E-state index is -0.378. The molecule has 0 radical (unpaired) electrons. The molecule has 0 aliphatic carbocycles. The average molecular weight is 470 g/mol. The van der Waals surface area contributed by atoms with Gasteiger partial charge in [-0.3, -0.25) is 14.9 Å². The van der Waals surface area contributed by atoms with E-state index in [1.54, 1.807) is 66.7 Å². The average Bonchev–Trinajstić information content (AvgIpc) is 2.80. The van der Waals surface area contributed by atoms with Crippen LogP contribution in [-0.4, -0.2) is 31.1 Å². The van der Waals surface area contributed by atoms with Crippen LogP contribution in [0.1, 0.15) is 20.7 Å². The first kappa shape index (κ1) is 23.1. The third-order valence-electron chi connectivity index (χ3n) is 4.39. The maximum absolute atomic E-state index is 12.5. The summed E-state index contributed by atoms with van der Waals surface area (Å²) in [4.78, 5) is 24.9. The molecule has 0 aliphatic heterocycles. The maximum atomic E-state index is 12.5. The highest BCUT2D eigenvalue weighted by atomic mass is 35.5. The molecule has 0 heterocycles. The van der Waals surface area contributed by atoms with Gasteiger partial charge in [-0.2, -0.15) is 0 Å². The molecular weight excluding hydrogens is 450 g/mol. The maximum Gasteiger partial charge on any atom is 0.257 e. The Labute approximate surface area is 195 Å². The van der Waals surface area contributed by atoms with Crippen LogP contribution in [0, 0.1) is 0 Å². The van der Waals surface area contributed by atoms with Gasteiger partial charge in [0.05, 0.1) is 30.5 Å². The molecule has 9 heteroatoms. The molecular formula is C23H20ClN3O4S. The molecule has 164 valence electrons. The molecule has 0 saturated carbocycles. The van der Waals surface area contributed by atoms with E-state index in [0.29, 0.717) is 39.0 Å². The smallest absolute Gasteiger partial charge is 0.257 e. The van der Waals surface area contributed by atoms with Crippen molar-refractivity contribution in [3.05, 3.63) is 82.9 Å². The number of halogens is 1. The number of nitrogens with one attached hydrogen (secondary N) is 3. The Kier molecular flexibility index (Phi) is 7.64. The number of hydrogen-bond acceptors (Lipinski definition) is 5. The van der Waals surface area contributed by atoms with Crippen LogP contribution >= 0.6 is 23.8 Å². The van der Waals surface area contributed by atoms with Gasteiger partial charge in [0.15, 0.2) is 5.11 Å². The quantitative estimate of drug-likeness (QED) is 0.452. The fourth-order valence-electron chi connectivity index (χ4n) is 2.81. The zero-order valence-electron chi connectivity index (χ0n) is 17.3. The summed E-state index contributed by atoms with van der Waals surface area (Å²) in [7, 11) is 3.00. The van der Waals surface area contributed by atoms with Gasteiger partial charge < -0.3 is 20.1 Å². The highest BCUT2D eigenvalue weighted by Gasteiger charge is 2.14. The number of ether oxygens (including phenoxy) is 2. The summed E-state index contributed by atoms with van der Waals surface area (Å²) in [5.74, 6) is 0.223. The van der Waals surface area contributed by atoms with Crippen molar-refractivity contribution >= 4 is 52.1 Å². The first-order valence-electron chi connectivity index (χ1n) is 9.41. The molecule has 2 amide bonds. The summed E-state index contributed by atoms with van der Waals surface area (Å²) >= 11 is 11.3. The van der Waals surface area contributed by atoms with Crippen molar-refractivity contribution in [1.82, 2.24) is 5.32 Å². The van der Waals surface area contributed by atoms with Gasteiger partial charge in [0, 0.05) is 17.3 Å². The molecule has 32 heavy (non-hydrogen) atoms. The van der Waals surface area contributed by atoms with Gasteiger partial charge in [-0.25, -0.2) is 0 Å². The van der Waals surface area contributed by atoms with E-state index in [1.807, 2.05) is 0 Å². The molecule has 0 aromatic heterocycles. The van der Waals surface area contributed by atoms with Crippen LogP contribution in [0.4, 0.5) is 11.4 Å². The van der Waals surface area contributed by atoms with E-state index in [4.69, 9.17) is 33.3 Å². The number of amides is 2. The Hall–Kier alpha value is -3.62. The molecule has 0 fully saturated rings. The molecule has 3 aromatic rings. The summed E-state index contributed by atoms with van der Waals surface area (Å²) < 4.78 is 10.5. The highest BCUT2D eigenvalue weighted by Crippen LogP contribution is 2.29. The predicted octanol–water partition coefficient (Wildman–Crippen LogP) is 4.74. The summed E-state index contributed by atoms with van der Waals surface area (Å²) in [6.07, 6.45) is 0. The van der Waals surface area contributed by atoms with Crippen molar-refractivity contribution < 1.29 is 19.1 Å². The Balaban J connectivity index is 1.67. The van der Waals surface area contributed by atoms with Crippen LogP contribution in [0.3, 0.4) is 0 Å². The Morgan fingerprint density at radius 3 is 2.38 bits per heavy atom. The third kappa shape index (κ3) is 5.75. The second-order valence-electron chi connectivity index (χ2n) is 6.49. The van der Waals surface area contributed by atoms with Crippen LogP contribution in [-0.2, 0) is 0 Å². The second kappa shape index (κ2) is 10.6. The van der Waals surface area contributed by atoms with Crippen LogP contribution in [0.15, 0.2) is 66.7 Å². The number of hydrogen-bond donors (Lipinski definition) is 3. The van der Waals surface area contributed by atoms with Gasteiger partial charge in [0.2, 0.25) is 0 Å². The Bertz CT molecular complexity index is 1170. The molecule has 0 unspecified atom stereocenters. The first-order chi connectivity index (χ1) is 15.4. The van der Waals surface area contributed by atoms with E-state index >= 15 is 0 Å². The van der Waals surface area contributed by atoms with Crippen LogP contribution < -0.4 is 25.4 Å². The van der Waals surface area contributed by atoms with Crippen LogP contribution in [0.5, 0.6) is 11.5 Å². The Morgan fingerprint density at radius 2 is 1.66 bits per heavy atom. The van der Waals surface area contributed by atoms with E-state index in [1.165, 1.54) is 14.2 Å². The molecule has 0 spiro atoms. The summed E-state index contributed by atoms with van der Waals surface area (Å²) in [6, 6.07) is 18.4. The normalized spacial score (nSPS) is 10.1. The lowest BCUT2D eigenvalue weighted by Gasteiger charge is -2.14. The molecule has 3 N–H and O–H groups in total. The van der Waals surface area contributed by atoms with Gasteiger partial charge in [0.25, 0.3) is 11.8 Å². The molecule has 0 atom stereocenters. The summed E-state index contributed by atoms with van der Waals surface area (Å²) in [6.45, 7) is 0. The van der Waals surface area contributed by atoms with Crippen molar-refractivity contribution in [2.24, 2.45) is 0 Å². The summed E-state index contributed by atoms with van der Waals surface area (Å²) in [5.41, 5.74) is 1.77. The second-order valence-corrected chi connectivity index (χ2v) is 7.30. The molecule has 0 aliphatic rings. The number of carbonyl (C=O) groups excluding carboxylic acids is 2. The lowest BCUT2D eigenvalue weighted by Crippen LogP contribution is -2.34. The van der Waals surface area contributed by atoms with Gasteiger partial charge in [-0.1, -0.05) is 29.8 Å². The highest BCUT2D eigenvalue weighted by molar-refractivity contribution is 7.80. The monoisotopic (exact) mass is 469 g/mol. The van der Waals surface area contributed by atoms with Gasteiger partial charge in [-0.15, -0.1) is 0 Å². The number of anilines is 2. The van der Waals surface area contributed by atoms with Crippen LogP contribution in [0.2, 0.25) is 5.02 Å². The Morgan fingerprint density at radius 1 is 0.875 bits per heavy atom. The lowest BCUT2D eigenvalue weighted by atomic mass is 10.2. The van der Waals surface area contributed by atoms with Crippen molar-refractivity contribution in [2.75, 3.05) is 24.9 Å². The van der Waals surface area contributed by atoms with E-state index in [0.717, 1.165) is 0 Å². The van der Waals surface area contributed by atoms with Crippen LogP contribution in [0.25, 0.3) is 0 Å². The van der Waals surface area contributed by atoms with Gasteiger partial charge >= 0.3 is 0 Å². The van der Waals surface area contributed by atoms with Gasteiger partial charge in [0.1, 0.15) is 11.5 Å². The number of carbonyl (C=O) groups is 2.